The fourth-order valence-corrected chi connectivity index (χ4v) is 5.21. The molecule has 4 aromatic rings. The van der Waals surface area contributed by atoms with Crippen LogP contribution in [0.3, 0.4) is 0 Å². The third kappa shape index (κ3) is 4.53. The molecule has 1 aliphatic rings. The van der Waals surface area contributed by atoms with Gasteiger partial charge in [-0.3, -0.25) is 4.79 Å². The lowest BCUT2D eigenvalue weighted by molar-refractivity contribution is -0.141. The Morgan fingerprint density at radius 3 is 2.50 bits per heavy atom. The van der Waals surface area contributed by atoms with Gasteiger partial charge in [-0.05, 0) is 53.9 Å². The molecule has 38 heavy (non-hydrogen) atoms. The minimum absolute atomic E-state index is 0.0472. The molecule has 0 saturated heterocycles. The van der Waals surface area contributed by atoms with Crippen molar-refractivity contribution in [3.63, 3.8) is 0 Å². The van der Waals surface area contributed by atoms with E-state index in [0.29, 0.717) is 34.9 Å². The Hall–Kier alpha value is -4.47. The number of sulfonamides is 1. The largest absolute Gasteiger partial charge is 0.435 e. The number of aromatic nitrogens is 2. The molecule has 0 bridgehead atoms. The zero-order chi connectivity index (χ0) is 27.2. The molecule has 12 heteroatoms. The highest BCUT2D eigenvalue weighted by molar-refractivity contribution is 7.89. The van der Waals surface area contributed by atoms with E-state index in [0.717, 1.165) is 4.68 Å². The Kier molecular flexibility index (Phi) is 6.05. The number of nitriles is 1. The summed E-state index contributed by atoms with van der Waals surface area (Å²) in [5, 5.41) is 18.2. The van der Waals surface area contributed by atoms with Gasteiger partial charge in [-0.2, -0.15) is 23.5 Å². The van der Waals surface area contributed by atoms with Crippen LogP contribution in [0.2, 0.25) is 0 Å². The topological polar surface area (TPSA) is 122 Å². The highest BCUT2D eigenvalue weighted by Gasteiger charge is 2.38. The van der Waals surface area contributed by atoms with E-state index in [-0.39, 0.29) is 28.4 Å². The minimum atomic E-state index is -4.79. The highest BCUT2D eigenvalue weighted by Crippen LogP contribution is 2.36. The quantitative estimate of drug-likeness (QED) is 0.416. The predicted molar refractivity (Wildman–Crippen MR) is 132 cm³/mol. The lowest BCUT2D eigenvalue weighted by Crippen LogP contribution is -2.30. The minimum Gasteiger partial charge on any atom is -0.306 e. The first-order valence-electron chi connectivity index (χ1n) is 11.2. The number of primary sulfonamides is 1. The maximum absolute atomic E-state index is 13.6. The number of alkyl halides is 3. The molecule has 0 spiro atoms. The van der Waals surface area contributed by atoms with Gasteiger partial charge >= 0.3 is 6.18 Å². The molecular weight excluding hydrogens is 519 g/mol. The first kappa shape index (κ1) is 25.2. The summed E-state index contributed by atoms with van der Waals surface area (Å²) in [5.41, 5.74) is 0.948. The van der Waals surface area contributed by atoms with Crippen LogP contribution in [0.15, 0.2) is 77.7 Å². The van der Waals surface area contributed by atoms with E-state index in [9.17, 15) is 31.6 Å². The number of rotatable bonds is 4. The van der Waals surface area contributed by atoms with Gasteiger partial charge in [-0.25, -0.2) is 18.2 Å². The van der Waals surface area contributed by atoms with Crippen molar-refractivity contribution in [2.24, 2.45) is 5.14 Å². The van der Waals surface area contributed by atoms with Crippen molar-refractivity contribution in [2.75, 3.05) is 11.4 Å². The van der Waals surface area contributed by atoms with E-state index in [1.165, 1.54) is 35.2 Å². The second-order valence-corrected chi connectivity index (χ2v) is 10.1. The zero-order valence-electron chi connectivity index (χ0n) is 19.5. The molecule has 3 aromatic carbocycles. The molecule has 2 N–H and O–H groups in total. The Labute approximate surface area is 215 Å². The van der Waals surface area contributed by atoms with E-state index >= 15 is 0 Å². The molecule has 2 heterocycles. The van der Waals surface area contributed by atoms with Crippen LogP contribution in [0.25, 0.3) is 16.8 Å². The molecule has 1 amide bonds. The summed E-state index contributed by atoms with van der Waals surface area (Å²) in [5.74, 6) is -0.702. The third-order valence-corrected chi connectivity index (χ3v) is 7.13. The Morgan fingerprint density at radius 1 is 1.03 bits per heavy atom. The second kappa shape index (κ2) is 9.13. The maximum Gasteiger partial charge on any atom is 0.435 e. The normalized spacial score (nSPS) is 13.3. The molecule has 0 radical (unpaired) electrons. The number of benzene rings is 3. The summed E-state index contributed by atoms with van der Waals surface area (Å²) in [7, 11) is -3.99. The lowest BCUT2D eigenvalue weighted by atomic mass is 10.0. The fraction of sp³-hybridized carbons (Fsp3) is 0.115. The van der Waals surface area contributed by atoms with Crippen molar-refractivity contribution >= 4 is 21.6 Å². The van der Waals surface area contributed by atoms with Crippen LogP contribution < -0.4 is 10.0 Å². The van der Waals surface area contributed by atoms with E-state index in [2.05, 4.69) is 5.10 Å². The maximum atomic E-state index is 13.6. The van der Waals surface area contributed by atoms with Crippen LogP contribution in [0.4, 0.5) is 18.9 Å². The Bertz CT molecular complexity index is 1740. The van der Waals surface area contributed by atoms with E-state index in [4.69, 9.17) is 5.14 Å². The number of nitrogens with zero attached hydrogens (tertiary/aromatic N) is 4. The molecule has 8 nitrogen and oxygen atoms in total. The first-order chi connectivity index (χ1) is 18.0. The van der Waals surface area contributed by atoms with Gasteiger partial charge in [0.1, 0.15) is 5.69 Å². The van der Waals surface area contributed by atoms with Gasteiger partial charge in [-0.15, -0.1) is 0 Å². The van der Waals surface area contributed by atoms with Crippen molar-refractivity contribution in [2.45, 2.75) is 17.5 Å². The summed E-state index contributed by atoms with van der Waals surface area (Å²) in [6, 6.07) is 19.6. The van der Waals surface area contributed by atoms with Gasteiger partial charge in [0.2, 0.25) is 10.0 Å². The monoisotopic (exact) mass is 537 g/mol. The smallest absolute Gasteiger partial charge is 0.306 e. The van der Waals surface area contributed by atoms with Crippen molar-refractivity contribution in [1.29, 1.82) is 5.26 Å². The van der Waals surface area contributed by atoms with Crippen LogP contribution >= 0.6 is 0 Å². The summed E-state index contributed by atoms with van der Waals surface area (Å²) in [6.45, 7) is 0.194. The summed E-state index contributed by atoms with van der Waals surface area (Å²) >= 11 is 0. The summed E-state index contributed by atoms with van der Waals surface area (Å²) in [4.78, 5) is 14.9. The van der Waals surface area contributed by atoms with Gasteiger partial charge < -0.3 is 4.90 Å². The van der Waals surface area contributed by atoms with Crippen molar-refractivity contribution in [3.8, 4) is 22.9 Å². The third-order valence-electron chi connectivity index (χ3n) is 6.16. The number of nitrogens with two attached hydrogens (primary N) is 1. The lowest BCUT2D eigenvalue weighted by Gasteiger charge is -2.18. The van der Waals surface area contributed by atoms with Gasteiger partial charge in [0.25, 0.3) is 5.91 Å². The van der Waals surface area contributed by atoms with Gasteiger partial charge in [0.05, 0.1) is 22.2 Å². The average Bonchev–Trinajstić information content (AvgIpc) is 3.53. The SMILES string of the molecule is N#Cc1cccc(-n2nc(C(F)(F)F)cc2C(=O)N2CCc3cc(-c4ccccc4S(N)(=O)=O)ccc32)c1. The van der Waals surface area contributed by atoms with E-state index in [1.54, 1.807) is 36.4 Å². The Balaban J connectivity index is 1.56. The summed E-state index contributed by atoms with van der Waals surface area (Å²) < 4.78 is 65.6. The molecule has 0 atom stereocenters. The number of hydrogen-bond donors (Lipinski definition) is 1. The number of amides is 1. The van der Waals surface area contributed by atoms with Gasteiger partial charge in [0, 0.05) is 23.9 Å². The number of carbonyl (C=O) groups is 1. The number of fused-ring (bicyclic) bond motifs is 1. The molecule has 1 aromatic heterocycles. The van der Waals surface area contributed by atoms with E-state index in [1.807, 2.05) is 6.07 Å². The number of halogens is 3. The zero-order valence-corrected chi connectivity index (χ0v) is 20.3. The fourth-order valence-electron chi connectivity index (χ4n) is 4.45. The Morgan fingerprint density at radius 2 is 1.79 bits per heavy atom. The number of anilines is 1. The van der Waals surface area contributed by atoms with Gasteiger partial charge in [-0.1, -0.05) is 30.3 Å². The van der Waals surface area contributed by atoms with Crippen molar-refractivity contribution in [1.82, 2.24) is 9.78 Å². The molecule has 1 aliphatic heterocycles. The second-order valence-electron chi connectivity index (χ2n) is 8.58. The molecule has 5 rings (SSSR count). The standard InChI is InChI=1S/C26H18F3N5O3S/c27-26(28,29)24-14-22(34(32-24)19-5-3-4-16(12-19)15-30)25(35)33-11-10-18-13-17(8-9-21(18)33)20-6-1-2-7-23(20)38(31,36)37/h1-9,12-14H,10-11H2,(H2,31,36,37). The molecule has 0 aliphatic carbocycles. The van der Waals surface area contributed by atoms with Crippen molar-refractivity contribution in [3.05, 3.63) is 95.3 Å². The summed E-state index contributed by atoms with van der Waals surface area (Å²) in [6.07, 6.45) is -4.39. The number of hydrogen-bond acceptors (Lipinski definition) is 5. The van der Waals surface area contributed by atoms with Crippen LogP contribution in [-0.4, -0.2) is 30.7 Å². The highest BCUT2D eigenvalue weighted by atomic mass is 32.2. The van der Waals surface area contributed by atoms with E-state index < -0.39 is 27.8 Å². The molecule has 0 fully saturated rings. The first-order valence-corrected chi connectivity index (χ1v) is 12.8. The van der Waals surface area contributed by atoms with Crippen LogP contribution in [-0.2, 0) is 22.6 Å². The van der Waals surface area contributed by atoms with Crippen molar-refractivity contribution < 1.29 is 26.4 Å². The molecule has 0 saturated carbocycles. The molecule has 192 valence electrons. The van der Waals surface area contributed by atoms with Gasteiger partial charge in [0.15, 0.2) is 5.69 Å². The molecule has 0 unspecified atom stereocenters. The number of carbonyl (C=O) groups excluding carboxylic acids is 1. The van der Waals surface area contributed by atoms with Crippen LogP contribution in [0.5, 0.6) is 0 Å². The van der Waals surface area contributed by atoms with Crippen LogP contribution in [0.1, 0.15) is 27.3 Å². The average molecular weight is 538 g/mol. The predicted octanol–water partition coefficient (Wildman–Crippen LogP) is 4.28. The molecular formula is C26H18F3N5O3S. The van der Waals surface area contributed by atoms with Crippen LogP contribution in [0, 0.1) is 11.3 Å².